The van der Waals surface area contributed by atoms with Crippen LogP contribution in [0.25, 0.3) is 0 Å². The molecule has 1 aliphatic rings. The lowest BCUT2D eigenvalue weighted by atomic mass is 9.81. The maximum absolute atomic E-state index is 12.5. The summed E-state index contributed by atoms with van der Waals surface area (Å²) in [5.74, 6) is -1.65. The van der Waals surface area contributed by atoms with Crippen LogP contribution < -0.4 is 4.72 Å². The van der Waals surface area contributed by atoms with Crippen molar-refractivity contribution in [3.63, 3.8) is 0 Å². The topological polar surface area (TPSA) is 96.4 Å². The number of nitrogens with one attached hydrogen (secondary N) is 1. The van der Waals surface area contributed by atoms with Crippen LogP contribution in [0.1, 0.15) is 18.4 Å². The lowest BCUT2D eigenvalue weighted by Crippen LogP contribution is -2.46. The highest BCUT2D eigenvalue weighted by Crippen LogP contribution is 2.31. The smallest absolute Gasteiger partial charge is 0.417 e. The molecule has 1 fully saturated rings. The summed E-state index contributed by atoms with van der Waals surface area (Å²) in [6.45, 7) is 0. The van der Waals surface area contributed by atoms with Crippen LogP contribution >= 0.6 is 0 Å². The Hall–Kier alpha value is -1.68. The number of pyridine rings is 1. The molecule has 0 radical (unpaired) electrons. The van der Waals surface area contributed by atoms with E-state index in [2.05, 4.69) is 9.71 Å². The van der Waals surface area contributed by atoms with E-state index in [0.29, 0.717) is 12.3 Å². The van der Waals surface area contributed by atoms with E-state index in [1.54, 1.807) is 0 Å². The van der Waals surface area contributed by atoms with Gasteiger partial charge >= 0.3 is 12.1 Å². The number of rotatable bonds is 4. The first-order valence-electron chi connectivity index (χ1n) is 5.87. The Balaban J connectivity index is 2.12. The number of nitrogens with zero attached hydrogens (tertiary/aromatic N) is 1. The molecule has 0 aromatic carbocycles. The van der Waals surface area contributed by atoms with Gasteiger partial charge in [0.2, 0.25) is 10.0 Å². The third-order valence-electron chi connectivity index (χ3n) is 3.16. The summed E-state index contributed by atoms with van der Waals surface area (Å²) in [6.07, 6.45) is -3.13. The summed E-state index contributed by atoms with van der Waals surface area (Å²) in [4.78, 5) is 13.3. The van der Waals surface area contributed by atoms with Crippen molar-refractivity contribution in [2.75, 3.05) is 0 Å². The fraction of sp³-hybridized carbons (Fsp3) is 0.455. The number of aliphatic carboxylic acids is 1. The van der Waals surface area contributed by atoms with E-state index in [1.807, 2.05) is 0 Å². The zero-order chi connectivity index (χ0) is 15.8. The minimum atomic E-state index is -4.69. The Kier molecular flexibility index (Phi) is 3.93. The fourth-order valence-corrected chi connectivity index (χ4v) is 3.17. The molecule has 6 nitrogen and oxygen atoms in total. The molecule has 1 aromatic heterocycles. The van der Waals surface area contributed by atoms with Crippen molar-refractivity contribution < 1.29 is 31.5 Å². The van der Waals surface area contributed by atoms with Gasteiger partial charge in [-0.3, -0.25) is 9.78 Å². The zero-order valence-corrected chi connectivity index (χ0v) is 11.3. The maximum Gasteiger partial charge on any atom is 0.417 e. The first-order valence-corrected chi connectivity index (χ1v) is 7.35. The standard InChI is InChI=1S/C11H11F3N2O4S/c12-11(13,14)7-3-9(5-15-4-7)21(19,20)16-8-1-6(2-8)10(17)18/h3-6,8,16H,1-2H2,(H,17,18). The van der Waals surface area contributed by atoms with E-state index < -0.39 is 44.6 Å². The number of halogens is 3. The van der Waals surface area contributed by atoms with Crippen LogP contribution in [0, 0.1) is 5.92 Å². The summed E-state index contributed by atoms with van der Waals surface area (Å²) < 4.78 is 63.6. The van der Waals surface area contributed by atoms with Crippen LogP contribution in [0.4, 0.5) is 13.2 Å². The van der Waals surface area contributed by atoms with Crippen molar-refractivity contribution in [1.82, 2.24) is 9.71 Å². The molecule has 0 aliphatic heterocycles. The van der Waals surface area contributed by atoms with E-state index in [-0.39, 0.29) is 12.8 Å². The van der Waals surface area contributed by atoms with Crippen LogP contribution in [0.2, 0.25) is 0 Å². The third kappa shape index (κ3) is 3.50. The fourth-order valence-electron chi connectivity index (χ4n) is 1.92. The normalized spacial score (nSPS) is 22.6. The first-order chi connectivity index (χ1) is 9.59. The second kappa shape index (κ2) is 5.26. The third-order valence-corrected chi connectivity index (χ3v) is 4.65. The molecule has 0 spiro atoms. The van der Waals surface area contributed by atoms with E-state index in [9.17, 15) is 26.4 Å². The molecule has 2 N–H and O–H groups in total. The van der Waals surface area contributed by atoms with E-state index in [1.165, 1.54) is 0 Å². The quantitative estimate of drug-likeness (QED) is 0.869. The Morgan fingerprint density at radius 1 is 1.33 bits per heavy atom. The molecule has 1 aliphatic carbocycles. The molecule has 1 aromatic rings. The number of alkyl halides is 3. The summed E-state index contributed by atoms with van der Waals surface area (Å²) in [7, 11) is -4.16. The van der Waals surface area contributed by atoms with Crippen LogP contribution in [0.3, 0.4) is 0 Å². The Labute approximate surface area is 118 Å². The molecule has 116 valence electrons. The van der Waals surface area contributed by atoms with Crippen LogP contribution in [0.5, 0.6) is 0 Å². The van der Waals surface area contributed by atoms with Gasteiger partial charge in [0.1, 0.15) is 4.90 Å². The maximum atomic E-state index is 12.5. The van der Waals surface area contributed by atoms with Crippen molar-refractivity contribution in [1.29, 1.82) is 0 Å². The highest BCUT2D eigenvalue weighted by Gasteiger charge is 2.38. The van der Waals surface area contributed by atoms with E-state index >= 15 is 0 Å². The summed E-state index contributed by atoms with van der Waals surface area (Å²) in [6, 6.07) is -0.103. The predicted octanol–water partition coefficient (Wildman–Crippen LogP) is 1.24. The molecule has 0 unspecified atom stereocenters. The Morgan fingerprint density at radius 3 is 2.48 bits per heavy atom. The van der Waals surface area contributed by atoms with Crippen molar-refractivity contribution in [2.45, 2.75) is 30.0 Å². The van der Waals surface area contributed by atoms with Crippen molar-refractivity contribution in [2.24, 2.45) is 5.92 Å². The SMILES string of the molecule is O=C(O)C1CC(NS(=O)(=O)c2cncc(C(F)(F)F)c2)C1. The van der Waals surface area contributed by atoms with Gasteiger partial charge in [0.05, 0.1) is 11.5 Å². The Morgan fingerprint density at radius 2 is 1.95 bits per heavy atom. The largest absolute Gasteiger partial charge is 0.481 e. The second-order valence-corrected chi connectivity index (χ2v) is 6.45. The van der Waals surface area contributed by atoms with Crippen molar-refractivity contribution >= 4 is 16.0 Å². The van der Waals surface area contributed by atoms with Crippen LogP contribution in [-0.4, -0.2) is 30.5 Å². The predicted molar refractivity (Wildman–Crippen MR) is 63.7 cm³/mol. The molecule has 2 rings (SSSR count). The van der Waals surface area contributed by atoms with Gasteiger partial charge in [-0.05, 0) is 18.9 Å². The number of aromatic nitrogens is 1. The van der Waals surface area contributed by atoms with Gasteiger partial charge < -0.3 is 5.11 Å². The number of hydrogen-bond donors (Lipinski definition) is 2. The molecule has 1 saturated carbocycles. The second-order valence-electron chi connectivity index (χ2n) is 4.73. The van der Waals surface area contributed by atoms with Gasteiger partial charge in [0, 0.05) is 18.4 Å². The molecular weight excluding hydrogens is 313 g/mol. The molecule has 0 bridgehead atoms. The van der Waals surface area contributed by atoms with E-state index in [0.717, 1.165) is 6.20 Å². The molecule has 1 heterocycles. The summed E-state index contributed by atoms with van der Waals surface area (Å²) in [5.41, 5.74) is -1.16. The van der Waals surface area contributed by atoms with Gasteiger partial charge in [-0.25, -0.2) is 13.1 Å². The molecule has 21 heavy (non-hydrogen) atoms. The van der Waals surface area contributed by atoms with Gasteiger partial charge in [0.25, 0.3) is 0 Å². The average Bonchev–Trinajstić information content (AvgIpc) is 2.32. The van der Waals surface area contributed by atoms with Crippen molar-refractivity contribution in [3.8, 4) is 0 Å². The first kappa shape index (κ1) is 15.7. The lowest BCUT2D eigenvalue weighted by Gasteiger charge is -2.32. The lowest BCUT2D eigenvalue weighted by molar-refractivity contribution is -0.145. The minimum absolute atomic E-state index is 0.112. The van der Waals surface area contributed by atoms with E-state index in [4.69, 9.17) is 5.11 Å². The average molecular weight is 324 g/mol. The Bertz CT molecular complexity index is 654. The minimum Gasteiger partial charge on any atom is -0.481 e. The molecule has 0 amide bonds. The molecular formula is C11H11F3N2O4S. The van der Waals surface area contributed by atoms with Crippen LogP contribution in [-0.2, 0) is 21.0 Å². The number of carboxylic acids is 1. The van der Waals surface area contributed by atoms with Crippen molar-refractivity contribution in [3.05, 3.63) is 24.0 Å². The van der Waals surface area contributed by atoms with Gasteiger partial charge in [0.15, 0.2) is 0 Å². The van der Waals surface area contributed by atoms with Gasteiger partial charge in [-0.15, -0.1) is 0 Å². The monoisotopic (exact) mass is 324 g/mol. The molecule has 0 saturated heterocycles. The molecule has 0 atom stereocenters. The highest BCUT2D eigenvalue weighted by atomic mass is 32.2. The summed E-state index contributed by atoms with van der Waals surface area (Å²) >= 11 is 0. The zero-order valence-electron chi connectivity index (χ0n) is 10.5. The number of sulfonamides is 1. The van der Waals surface area contributed by atoms with Crippen LogP contribution in [0.15, 0.2) is 23.4 Å². The molecule has 10 heteroatoms. The highest BCUT2D eigenvalue weighted by molar-refractivity contribution is 7.89. The summed E-state index contributed by atoms with van der Waals surface area (Å²) in [5, 5.41) is 8.68. The van der Waals surface area contributed by atoms with Gasteiger partial charge in [-0.2, -0.15) is 13.2 Å². The number of carboxylic acid groups (broad SMARTS) is 1. The number of hydrogen-bond acceptors (Lipinski definition) is 4. The van der Waals surface area contributed by atoms with Gasteiger partial charge in [-0.1, -0.05) is 0 Å². The number of carbonyl (C=O) groups is 1.